The zero-order valence-electron chi connectivity index (χ0n) is 8.82. The zero-order chi connectivity index (χ0) is 10.6. The quantitative estimate of drug-likeness (QED) is 0.533. The third kappa shape index (κ3) is 4.13. The van der Waals surface area contributed by atoms with Crippen LogP contribution in [0.1, 0.15) is 26.7 Å². The Kier molecular flexibility index (Phi) is 3.98. The molecule has 0 aromatic carbocycles. The monoisotopic (exact) mass is 218 g/mol. The van der Waals surface area contributed by atoms with Gasteiger partial charge in [-0.2, -0.15) is 0 Å². The molecular weight excluding hydrogens is 200 g/mol. The molecule has 0 aromatic rings. The number of ether oxygens (including phenoxy) is 1. The van der Waals surface area contributed by atoms with Crippen LogP contribution in [-0.2, 0) is 14.6 Å². The molecule has 1 aliphatic rings. The van der Waals surface area contributed by atoms with Gasteiger partial charge in [-0.25, -0.2) is 8.42 Å². The first-order valence-corrected chi connectivity index (χ1v) is 6.77. The first-order valence-electron chi connectivity index (χ1n) is 4.95. The largest absolute Gasteiger partial charge is 0.501 e. The van der Waals surface area contributed by atoms with Gasteiger partial charge in [0.15, 0.2) is 9.84 Å². The average molecular weight is 218 g/mol. The molecule has 1 aliphatic heterocycles. The topological polar surface area (TPSA) is 43.4 Å². The predicted molar refractivity (Wildman–Crippen MR) is 56.8 cm³/mol. The van der Waals surface area contributed by atoms with E-state index in [0.717, 1.165) is 18.4 Å². The molecule has 1 rings (SSSR count). The van der Waals surface area contributed by atoms with Crippen molar-refractivity contribution in [2.24, 2.45) is 5.92 Å². The smallest absolute Gasteiger partial charge is 0.150 e. The second kappa shape index (κ2) is 4.82. The van der Waals surface area contributed by atoms with E-state index in [1.165, 1.54) is 0 Å². The fourth-order valence-electron chi connectivity index (χ4n) is 1.56. The highest BCUT2D eigenvalue weighted by atomic mass is 32.2. The number of hydrogen-bond donors (Lipinski definition) is 0. The Hall–Kier alpha value is -0.510. The van der Waals surface area contributed by atoms with E-state index in [1.807, 2.05) is 13.8 Å². The van der Waals surface area contributed by atoms with Crippen molar-refractivity contribution in [3.05, 3.63) is 11.8 Å². The summed E-state index contributed by atoms with van der Waals surface area (Å²) >= 11 is 0. The molecular formula is C10H18O3S. The third-order valence-electron chi connectivity index (χ3n) is 2.29. The summed E-state index contributed by atoms with van der Waals surface area (Å²) in [4.78, 5) is 0. The van der Waals surface area contributed by atoms with E-state index in [4.69, 9.17) is 4.74 Å². The molecule has 3 nitrogen and oxygen atoms in total. The molecule has 1 fully saturated rings. The Morgan fingerprint density at radius 1 is 1.50 bits per heavy atom. The second-order valence-corrected chi connectivity index (χ2v) is 6.35. The van der Waals surface area contributed by atoms with Crippen LogP contribution < -0.4 is 0 Å². The van der Waals surface area contributed by atoms with Gasteiger partial charge in [-0.15, -0.1) is 0 Å². The lowest BCUT2D eigenvalue weighted by atomic mass is 10.1. The van der Waals surface area contributed by atoms with Crippen LogP contribution in [0.15, 0.2) is 11.8 Å². The highest BCUT2D eigenvalue weighted by molar-refractivity contribution is 7.91. The lowest BCUT2D eigenvalue weighted by Gasteiger charge is -2.06. The van der Waals surface area contributed by atoms with E-state index in [2.05, 4.69) is 0 Å². The van der Waals surface area contributed by atoms with Crippen molar-refractivity contribution in [3.63, 3.8) is 0 Å². The minimum Gasteiger partial charge on any atom is -0.501 e. The van der Waals surface area contributed by atoms with Gasteiger partial charge in [0.1, 0.15) is 0 Å². The van der Waals surface area contributed by atoms with Gasteiger partial charge < -0.3 is 4.74 Å². The lowest BCUT2D eigenvalue weighted by molar-refractivity contribution is 0.224. The zero-order valence-corrected chi connectivity index (χ0v) is 9.64. The van der Waals surface area contributed by atoms with E-state index in [0.29, 0.717) is 24.0 Å². The van der Waals surface area contributed by atoms with Gasteiger partial charge in [0.25, 0.3) is 0 Å². The molecule has 4 heteroatoms. The molecule has 0 spiro atoms. The molecule has 0 aromatic heterocycles. The Morgan fingerprint density at radius 2 is 2.21 bits per heavy atom. The number of allylic oxidation sites excluding steroid dienone is 1. The minimum absolute atomic E-state index is 0.311. The van der Waals surface area contributed by atoms with Crippen molar-refractivity contribution in [2.75, 3.05) is 18.1 Å². The molecule has 0 N–H and O–H groups in total. The summed E-state index contributed by atoms with van der Waals surface area (Å²) in [6.07, 6.45) is 3.38. The molecule has 1 saturated heterocycles. The van der Waals surface area contributed by atoms with E-state index in [1.54, 1.807) is 6.26 Å². The SMILES string of the molecule is CC(C)=COCCC1CCS(=O)(=O)C1. The van der Waals surface area contributed by atoms with Gasteiger partial charge in [-0.05, 0) is 38.2 Å². The van der Waals surface area contributed by atoms with E-state index in [-0.39, 0.29) is 0 Å². The van der Waals surface area contributed by atoms with Crippen LogP contribution in [0, 0.1) is 5.92 Å². The van der Waals surface area contributed by atoms with Crippen LogP contribution in [0.2, 0.25) is 0 Å². The molecule has 0 radical (unpaired) electrons. The Bertz CT molecular complexity index is 299. The molecule has 1 heterocycles. The van der Waals surface area contributed by atoms with Crippen molar-refractivity contribution in [1.82, 2.24) is 0 Å². The van der Waals surface area contributed by atoms with Crippen molar-refractivity contribution in [2.45, 2.75) is 26.7 Å². The summed E-state index contributed by atoms with van der Waals surface area (Å²) in [6, 6.07) is 0. The van der Waals surface area contributed by atoms with Gasteiger partial charge >= 0.3 is 0 Å². The van der Waals surface area contributed by atoms with Crippen molar-refractivity contribution in [1.29, 1.82) is 0 Å². The van der Waals surface area contributed by atoms with Gasteiger partial charge in [0, 0.05) is 0 Å². The van der Waals surface area contributed by atoms with E-state index < -0.39 is 9.84 Å². The third-order valence-corrected chi connectivity index (χ3v) is 4.13. The number of rotatable bonds is 4. The minimum atomic E-state index is -2.72. The summed E-state index contributed by atoms with van der Waals surface area (Å²) in [6.45, 7) is 4.57. The maximum atomic E-state index is 11.1. The maximum absolute atomic E-state index is 11.1. The number of sulfone groups is 1. The first kappa shape index (κ1) is 11.6. The molecule has 0 aliphatic carbocycles. The molecule has 0 saturated carbocycles. The summed E-state index contributed by atoms with van der Waals surface area (Å²) in [7, 11) is -2.72. The van der Waals surface area contributed by atoms with Crippen molar-refractivity contribution >= 4 is 9.84 Å². The van der Waals surface area contributed by atoms with Crippen molar-refractivity contribution in [3.8, 4) is 0 Å². The summed E-state index contributed by atoms with van der Waals surface area (Å²) in [5.74, 6) is 1.02. The van der Waals surface area contributed by atoms with Crippen molar-refractivity contribution < 1.29 is 13.2 Å². The molecule has 0 bridgehead atoms. The highest BCUT2D eigenvalue weighted by Crippen LogP contribution is 2.21. The van der Waals surface area contributed by atoms with Crippen LogP contribution in [0.5, 0.6) is 0 Å². The van der Waals surface area contributed by atoms with Crippen LogP contribution in [0.3, 0.4) is 0 Å². The Morgan fingerprint density at radius 3 is 2.71 bits per heavy atom. The fourth-order valence-corrected chi connectivity index (χ4v) is 3.47. The molecule has 14 heavy (non-hydrogen) atoms. The van der Waals surface area contributed by atoms with Gasteiger partial charge in [0.2, 0.25) is 0 Å². The van der Waals surface area contributed by atoms with Gasteiger partial charge in [-0.1, -0.05) is 0 Å². The highest BCUT2D eigenvalue weighted by Gasteiger charge is 2.27. The first-order chi connectivity index (χ1) is 6.49. The molecule has 1 atom stereocenters. The Labute approximate surface area is 86.1 Å². The van der Waals surface area contributed by atoms with Crippen LogP contribution in [0.4, 0.5) is 0 Å². The van der Waals surface area contributed by atoms with Gasteiger partial charge in [-0.3, -0.25) is 0 Å². The van der Waals surface area contributed by atoms with Crippen LogP contribution in [0.25, 0.3) is 0 Å². The standard InChI is InChI=1S/C10H18O3S/c1-9(2)7-13-5-3-10-4-6-14(11,12)8-10/h7,10H,3-6,8H2,1-2H3. The predicted octanol–water partition coefficient (Wildman–Crippen LogP) is 1.75. The van der Waals surface area contributed by atoms with E-state index in [9.17, 15) is 8.42 Å². The fraction of sp³-hybridized carbons (Fsp3) is 0.800. The summed E-state index contributed by atoms with van der Waals surface area (Å²) < 4.78 is 27.5. The van der Waals surface area contributed by atoms with E-state index >= 15 is 0 Å². The average Bonchev–Trinajstić information content (AvgIpc) is 2.39. The molecule has 0 amide bonds. The van der Waals surface area contributed by atoms with Gasteiger partial charge in [0.05, 0.1) is 24.4 Å². The van der Waals surface area contributed by atoms with Crippen LogP contribution >= 0.6 is 0 Å². The maximum Gasteiger partial charge on any atom is 0.150 e. The molecule has 82 valence electrons. The summed E-state index contributed by atoms with van der Waals surface area (Å²) in [5, 5.41) is 0. The Balaban J connectivity index is 2.18. The van der Waals surface area contributed by atoms with Crippen LogP contribution in [-0.4, -0.2) is 26.5 Å². The lowest BCUT2D eigenvalue weighted by Crippen LogP contribution is -2.06. The molecule has 1 unspecified atom stereocenters. The second-order valence-electron chi connectivity index (χ2n) is 4.12. The number of hydrogen-bond acceptors (Lipinski definition) is 3. The summed E-state index contributed by atoms with van der Waals surface area (Å²) in [5.41, 5.74) is 1.13. The normalized spacial score (nSPS) is 24.6.